The van der Waals surface area contributed by atoms with Crippen LogP contribution >= 0.6 is 11.8 Å². The highest BCUT2D eigenvalue weighted by molar-refractivity contribution is 7.99. The average molecular weight is 478 g/mol. The van der Waals surface area contributed by atoms with E-state index in [1.807, 2.05) is 54.6 Å². The summed E-state index contributed by atoms with van der Waals surface area (Å²) in [6.45, 7) is 4.34. The van der Waals surface area contributed by atoms with Gasteiger partial charge in [-0.05, 0) is 60.4 Å². The lowest BCUT2D eigenvalue weighted by atomic mass is 9.99. The maximum absolute atomic E-state index is 12.4. The van der Waals surface area contributed by atoms with Gasteiger partial charge in [0.25, 0.3) is 0 Å². The molecule has 0 saturated carbocycles. The molecular formula is C24H27N7O2S. The lowest BCUT2D eigenvalue weighted by Crippen LogP contribution is -2.16. The minimum Gasteiger partial charge on any atom is -0.497 e. The quantitative estimate of drug-likeness (QED) is 0.242. The number of nitrogens with two attached hydrogens (primary N) is 1. The van der Waals surface area contributed by atoms with E-state index >= 15 is 0 Å². The third-order valence-corrected chi connectivity index (χ3v) is 6.52. The number of carbonyl (C=O) groups is 1. The molecule has 1 amide bonds. The number of ether oxygens (including phenoxy) is 1. The molecule has 9 nitrogen and oxygen atoms in total. The van der Waals surface area contributed by atoms with Crippen LogP contribution in [-0.2, 0) is 4.79 Å². The number of hydrogen-bond donors (Lipinski definition) is 3. The van der Waals surface area contributed by atoms with Crippen molar-refractivity contribution in [3.8, 4) is 28.5 Å². The van der Waals surface area contributed by atoms with E-state index in [1.165, 1.54) is 22.0 Å². The van der Waals surface area contributed by atoms with Crippen LogP contribution in [0.1, 0.15) is 31.7 Å². The van der Waals surface area contributed by atoms with Crippen LogP contribution in [0.25, 0.3) is 22.8 Å². The number of aromatic amines is 1. The highest BCUT2D eigenvalue weighted by Crippen LogP contribution is 2.26. The highest BCUT2D eigenvalue weighted by Gasteiger charge is 2.16. The molecule has 10 heteroatoms. The number of anilines is 1. The summed E-state index contributed by atoms with van der Waals surface area (Å²) in [6, 6.07) is 17.4. The van der Waals surface area contributed by atoms with Crippen LogP contribution in [0.4, 0.5) is 5.69 Å². The van der Waals surface area contributed by atoms with Crippen molar-refractivity contribution in [3.63, 3.8) is 0 Å². The fraction of sp³-hybridized carbons (Fsp3) is 0.250. The molecule has 2 aromatic carbocycles. The Balaban J connectivity index is 1.37. The molecule has 1 atom stereocenters. The molecule has 2 aromatic heterocycles. The van der Waals surface area contributed by atoms with Gasteiger partial charge in [-0.3, -0.25) is 9.89 Å². The van der Waals surface area contributed by atoms with Crippen LogP contribution in [0.3, 0.4) is 0 Å². The minimum atomic E-state index is -0.144. The lowest BCUT2D eigenvalue weighted by Gasteiger charge is -2.10. The molecule has 4 N–H and O–H groups in total. The van der Waals surface area contributed by atoms with E-state index in [1.54, 1.807) is 7.11 Å². The molecule has 4 aromatic rings. The van der Waals surface area contributed by atoms with E-state index in [2.05, 4.69) is 39.6 Å². The van der Waals surface area contributed by atoms with Crippen LogP contribution in [0, 0.1) is 0 Å². The van der Waals surface area contributed by atoms with E-state index < -0.39 is 0 Å². The summed E-state index contributed by atoms with van der Waals surface area (Å²) < 4.78 is 6.54. The third kappa shape index (κ3) is 5.23. The zero-order chi connectivity index (χ0) is 24.1. The van der Waals surface area contributed by atoms with Crippen LogP contribution in [0.15, 0.2) is 59.8 Å². The molecule has 0 bridgehead atoms. The molecule has 0 aliphatic carbocycles. The maximum atomic E-state index is 12.4. The van der Waals surface area contributed by atoms with Gasteiger partial charge in [-0.15, -0.1) is 10.2 Å². The van der Waals surface area contributed by atoms with Gasteiger partial charge in [-0.2, -0.15) is 5.10 Å². The summed E-state index contributed by atoms with van der Waals surface area (Å²) in [7, 11) is 1.63. The Labute approximate surface area is 202 Å². The van der Waals surface area contributed by atoms with Crippen LogP contribution < -0.4 is 15.9 Å². The lowest BCUT2D eigenvalue weighted by molar-refractivity contribution is -0.113. The zero-order valence-corrected chi connectivity index (χ0v) is 20.1. The molecule has 0 saturated heterocycles. The molecule has 4 rings (SSSR count). The fourth-order valence-corrected chi connectivity index (χ4v) is 4.02. The van der Waals surface area contributed by atoms with Gasteiger partial charge in [0.1, 0.15) is 11.4 Å². The van der Waals surface area contributed by atoms with Crippen molar-refractivity contribution in [1.29, 1.82) is 0 Å². The van der Waals surface area contributed by atoms with Crippen LogP contribution in [0.5, 0.6) is 5.75 Å². The van der Waals surface area contributed by atoms with Crippen LogP contribution in [-0.4, -0.2) is 43.8 Å². The first-order valence-corrected chi connectivity index (χ1v) is 11.9. The van der Waals surface area contributed by atoms with Gasteiger partial charge < -0.3 is 15.9 Å². The van der Waals surface area contributed by atoms with E-state index in [0.29, 0.717) is 22.6 Å². The summed E-state index contributed by atoms with van der Waals surface area (Å²) in [5, 5.41) is 18.9. The molecule has 0 aliphatic rings. The number of nitrogens with zero attached hydrogens (tertiary/aromatic N) is 4. The summed E-state index contributed by atoms with van der Waals surface area (Å²) >= 11 is 1.21. The number of nitrogen functional groups attached to an aromatic ring is 1. The van der Waals surface area contributed by atoms with E-state index in [4.69, 9.17) is 10.6 Å². The van der Waals surface area contributed by atoms with Gasteiger partial charge in [0.15, 0.2) is 0 Å². The van der Waals surface area contributed by atoms with Gasteiger partial charge in [0.2, 0.25) is 16.9 Å². The van der Waals surface area contributed by atoms with Crippen molar-refractivity contribution in [2.24, 2.45) is 0 Å². The standard InChI is InChI=1S/C24H27N7O2S/c1-4-15(2)16-5-9-18(10-6-16)26-22(32)14-34-24-30-29-23(31(24)25)21-13-20(27-28-21)17-7-11-19(33-3)12-8-17/h5-13,15H,4,14,25H2,1-3H3,(H,26,32)(H,27,28)/t15-/m0/s1. The highest BCUT2D eigenvalue weighted by atomic mass is 32.2. The Hall–Kier alpha value is -3.79. The SMILES string of the molecule is CC[C@H](C)c1ccc(NC(=O)CSc2nnc(-c3cc(-c4ccc(OC)cc4)n[nH]3)n2N)cc1. The van der Waals surface area contributed by atoms with Gasteiger partial charge >= 0.3 is 0 Å². The van der Waals surface area contributed by atoms with Gasteiger partial charge in [-0.25, -0.2) is 4.68 Å². The predicted molar refractivity (Wildman–Crippen MR) is 134 cm³/mol. The fourth-order valence-electron chi connectivity index (χ4n) is 3.36. The van der Waals surface area contributed by atoms with E-state index in [9.17, 15) is 4.79 Å². The number of nitrogens with one attached hydrogen (secondary N) is 2. The monoisotopic (exact) mass is 477 g/mol. The second-order valence-electron chi connectivity index (χ2n) is 7.84. The first-order valence-electron chi connectivity index (χ1n) is 10.9. The first-order chi connectivity index (χ1) is 16.5. The molecule has 176 valence electrons. The second-order valence-corrected chi connectivity index (χ2v) is 8.78. The number of hydrogen-bond acceptors (Lipinski definition) is 7. The third-order valence-electron chi connectivity index (χ3n) is 5.58. The van der Waals surface area contributed by atoms with Gasteiger partial charge in [0.05, 0.1) is 18.6 Å². The Morgan fingerprint density at radius 3 is 2.59 bits per heavy atom. The summed E-state index contributed by atoms with van der Waals surface area (Å²) in [4.78, 5) is 12.4. The number of H-pyrrole nitrogens is 1. The van der Waals surface area contributed by atoms with Gasteiger partial charge in [-0.1, -0.05) is 37.7 Å². The Kier molecular flexibility index (Phi) is 7.17. The topological polar surface area (TPSA) is 124 Å². The summed E-state index contributed by atoms with van der Waals surface area (Å²) in [6.07, 6.45) is 1.07. The molecule has 0 unspecified atom stereocenters. The van der Waals surface area contributed by atoms with Crippen molar-refractivity contribution >= 4 is 23.4 Å². The first kappa shape index (κ1) is 23.4. The number of aromatic nitrogens is 5. The predicted octanol–water partition coefficient (Wildman–Crippen LogP) is 4.30. The Morgan fingerprint density at radius 1 is 1.18 bits per heavy atom. The normalized spacial score (nSPS) is 11.9. The van der Waals surface area contributed by atoms with Crippen molar-refractivity contribution < 1.29 is 9.53 Å². The minimum absolute atomic E-state index is 0.144. The molecule has 0 fully saturated rings. The van der Waals surface area contributed by atoms with E-state index in [-0.39, 0.29) is 11.7 Å². The molecular weight excluding hydrogens is 450 g/mol. The maximum Gasteiger partial charge on any atom is 0.234 e. The molecule has 34 heavy (non-hydrogen) atoms. The summed E-state index contributed by atoms with van der Waals surface area (Å²) in [5.41, 5.74) is 4.31. The van der Waals surface area contributed by atoms with Crippen molar-refractivity contribution in [2.45, 2.75) is 31.3 Å². The largest absolute Gasteiger partial charge is 0.497 e. The number of methoxy groups -OCH3 is 1. The number of carbonyl (C=O) groups excluding carboxylic acids is 1. The molecule has 0 spiro atoms. The Bertz CT molecular complexity index is 1250. The van der Waals surface area contributed by atoms with Gasteiger partial charge in [0, 0.05) is 11.3 Å². The molecule has 0 radical (unpaired) electrons. The van der Waals surface area contributed by atoms with Crippen LogP contribution in [0.2, 0.25) is 0 Å². The van der Waals surface area contributed by atoms with Crippen molar-refractivity contribution in [3.05, 3.63) is 60.2 Å². The summed E-state index contributed by atoms with van der Waals surface area (Å²) in [5.74, 6) is 7.90. The van der Waals surface area contributed by atoms with E-state index in [0.717, 1.165) is 29.1 Å². The number of amides is 1. The smallest absolute Gasteiger partial charge is 0.234 e. The average Bonchev–Trinajstić information content (AvgIpc) is 3.49. The number of benzene rings is 2. The number of rotatable bonds is 9. The van der Waals surface area contributed by atoms with Crippen molar-refractivity contribution in [2.75, 3.05) is 24.0 Å². The zero-order valence-electron chi connectivity index (χ0n) is 19.3. The second kappa shape index (κ2) is 10.4. The molecule has 2 heterocycles. The number of thioether (sulfide) groups is 1. The van der Waals surface area contributed by atoms with Crippen molar-refractivity contribution in [1.82, 2.24) is 25.1 Å². The Morgan fingerprint density at radius 2 is 1.91 bits per heavy atom. The molecule has 0 aliphatic heterocycles.